The SMILES string of the molecule is c1ccc(N(c2ccccc2)c2cccc3c2C2(c4ccccc4-c4ccc(N(c5ccc6ccccc6c5)c5ccc6c7ccccc7n(-c7ccccc7)c6c5)cc42)c2ccccc2-3)cc1. The Morgan fingerprint density at radius 2 is 0.824 bits per heavy atom. The van der Waals surface area contributed by atoms with E-state index >= 15 is 0 Å². The number of nitrogens with zero attached hydrogens (tertiary/aromatic N) is 3. The highest BCUT2D eigenvalue weighted by Crippen LogP contribution is 2.66. The van der Waals surface area contributed by atoms with Gasteiger partial charge < -0.3 is 14.4 Å². The summed E-state index contributed by atoms with van der Waals surface area (Å²) >= 11 is 0. The van der Waals surface area contributed by atoms with Gasteiger partial charge in [0.1, 0.15) is 0 Å². The number of rotatable bonds is 7. The third-order valence-corrected chi connectivity index (χ3v) is 14.5. The number of aromatic nitrogens is 1. The Balaban J connectivity index is 1.06. The first kappa shape index (κ1) is 38.4. The van der Waals surface area contributed by atoms with Crippen LogP contribution < -0.4 is 9.80 Å². The van der Waals surface area contributed by atoms with Crippen LogP contribution in [0.15, 0.2) is 261 Å². The largest absolute Gasteiger partial charge is 0.310 e. The molecule has 3 nitrogen and oxygen atoms in total. The predicted octanol–water partition coefficient (Wildman–Crippen LogP) is 17.2. The minimum absolute atomic E-state index is 0.634. The Bertz CT molecular complexity index is 3880. The van der Waals surface area contributed by atoms with Crippen LogP contribution in [0.5, 0.6) is 0 Å². The van der Waals surface area contributed by atoms with E-state index in [9.17, 15) is 0 Å². The number of fused-ring (bicyclic) bond motifs is 14. The molecule has 0 saturated heterocycles. The van der Waals surface area contributed by atoms with Gasteiger partial charge in [-0.2, -0.15) is 0 Å². The molecule has 1 aromatic heterocycles. The summed E-state index contributed by atoms with van der Waals surface area (Å²) in [7, 11) is 0. The molecule has 11 aromatic carbocycles. The second-order valence-electron chi connectivity index (χ2n) is 18.0. The van der Waals surface area contributed by atoms with E-state index in [0.717, 1.165) is 45.3 Å². The van der Waals surface area contributed by atoms with Crippen LogP contribution in [0.25, 0.3) is 60.5 Å². The van der Waals surface area contributed by atoms with Gasteiger partial charge in [-0.3, -0.25) is 0 Å². The van der Waals surface area contributed by atoms with Crippen molar-refractivity contribution in [3.8, 4) is 27.9 Å². The zero-order valence-electron chi connectivity index (χ0n) is 37.2. The van der Waals surface area contributed by atoms with Gasteiger partial charge in [-0.05, 0) is 135 Å². The summed E-state index contributed by atoms with van der Waals surface area (Å²) in [5.74, 6) is 0. The van der Waals surface area contributed by atoms with E-state index in [1.165, 1.54) is 71.6 Å². The van der Waals surface area contributed by atoms with Crippen molar-refractivity contribution in [1.82, 2.24) is 4.57 Å². The molecule has 2 aliphatic carbocycles. The highest BCUT2D eigenvalue weighted by Gasteiger charge is 2.53. The maximum Gasteiger partial charge on any atom is 0.0746 e. The molecular weight excluding hydrogens is 823 g/mol. The number of anilines is 6. The molecule has 0 radical (unpaired) electrons. The lowest BCUT2D eigenvalue weighted by molar-refractivity contribution is 0.793. The van der Waals surface area contributed by atoms with Gasteiger partial charge in [-0.1, -0.05) is 176 Å². The van der Waals surface area contributed by atoms with E-state index in [4.69, 9.17) is 0 Å². The summed E-state index contributed by atoms with van der Waals surface area (Å²) in [6.45, 7) is 0. The molecule has 0 amide bonds. The van der Waals surface area contributed by atoms with Crippen LogP contribution in [0.1, 0.15) is 22.3 Å². The highest BCUT2D eigenvalue weighted by molar-refractivity contribution is 6.11. The maximum absolute atomic E-state index is 2.51. The summed E-state index contributed by atoms with van der Waals surface area (Å²) in [6, 6.07) is 96.3. The molecule has 1 unspecified atom stereocenters. The lowest BCUT2D eigenvalue weighted by atomic mass is 9.69. The number of hydrogen-bond donors (Lipinski definition) is 0. The Labute approximate surface area is 395 Å². The fourth-order valence-corrected chi connectivity index (χ4v) is 11.8. The zero-order valence-corrected chi connectivity index (χ0v) is 37.2. The number of benzene rings is 11. The van der Waals surface area contributed by atoms with Gasteiger partial charge in [0.05, 0.1) is 22.1 Å². The minimum Gasteiger partial charge on any atom is -0.310 e. The van der Waals surface area contributed by atoms with Gasteiger partial charge in [-0.25, -0.2) is 0 Å². The highest BCUT2D eigenvalue weighted by atomic mass is 15.2. The van der Waals surface area contributed by atoms with Crippen molar-refractivity contribution >= 4 is 66.7 Å². The number of para-hydroxylation sites is 4. The van der Waals surface area contributed by atoms with Crippen molar-refractivity contribution in [2.45, 2.75) is 5.41 Å². The third-order valence-electron chi connectivity index (χ3n) is 14.5. The molecule has 12 aromatic rings. The second kappa shape index (κ2) is 15.1. The van der Waals surface area contributed by atoms with Crippen LogP contribution >= 0.6 is 0 Å². The molecule has 1 spiro atoms. The average Bonchev–Trinajstić information content (AvgIpc) is 4.01. The van der Waals surface area contributed by atoms with E-state index in [1.54, 1.807) is 0 Å². The quantitative estimate of drug-likeness (QED) is 0.158. The molecule has 2 aliphatic rings. The van der Waals surface area contributed by atoms with Crippen molar-refractivity contribution in [1.29, 1.82) is 0 Å². The topological polar surface area (TPSA) is 11.4 Å². The van der Waals surface area contributed by atoms with Crippen molar-refractivity contribution in [3.63, 3.8) is 0 Å². The molecule has 1 atom stereocenters. The van der Waals surface area contributed by atoms with Gasteiger partial charge in [0.2, 0.25) is 0 Å². The first-order valence-corrected chi connectivity index (χ1v) is 23.5. The van der Waals surface area contributed by atoms with Crippen LogP contribution in [-0.4, -0.2) is 4.57 Å². The molecule has 3 heteroatoms. The van der Waals surface area contributed by atoms with Crippen LogP contribution in [0.3, 0.4) is 0 Å². The Morgan fingerprint density at radius 1 is 0.294 bits per heavy atom. The van der Waals surface area contributed by atoms with Crippen LogP contribution in [-0.2, 0) is 5.41 Å². The molecule has 0 aliphatic heterocycles. The first-order chi connectivity index (χ1) is 33.8. The molecule has 0 N–H and O–H groups in total. The standard InChI is InChI=1S/C65H43N3/c1-4-21-46(22-5-1)67(47-23-6-2-7-24-47)62-34-18-30-57-53-28-13-16-32-59(53)65(64(57)62)58-31-15-12-27-52(58)54-39-37-50(42-60(54)65)66(49-36-35-44-19-10-11-20-45(44)41-49)51-38-40-56-55-29-14-17-33-61(55)68(63(56)43-51)48-25-8-3-9-26-48/h1-43H. The molecule has 0 bridgehead atoms. The summed E-state index contributed by atoms with van der Waals surface area (Å²) in [5.41, 5.74) is 19.8. The number of hydrogen-bond acceptors (Lipinski definition) is 2. The summed E-state index contributed by atoms with van der Waals surface area (Å²) in [4.78, 5) is 4.93. The maximum atomic E-state index is 2.51. The Hall–Kier alpha value is -8.92. The molecule has 14 rings (SSSR count). The van der Waals surface area contributed by atoms with Crippen LogP contribution in [0.4, 0.5) is 34.1 Å². The zero-order chi connectivity index (χ0) is 44.8. The van der Waals surface area contributed by atoms with Crippen molar-refractivity contribution in [2.24, 2.45) is 0 Å². The van der Waals surface area contributed by atoms with E-state index < -0.39 is 5.41 Å². The van der Waals surface area contributed by atoms with E-state index in [0.29, 0.717) is 0 Å². The first-order valence-electron chi connectivity index (χ1n) is 23.5. The summed E-state index contributed by atoms with van der Waals surface area (Å²) in [5, 5.41) is 4.88. The molecule has 0 fully saturated rings. The summed E-state index contributed by atoms with van der Waals surface area (Å²) in [6.07, 6.45) is 0. The normalized spacial score (nSPS) is 14.2. The summed E-state index contributed by atoms with van der Waals surface area (Å²) < 4.78 is 2.42. The predicted molar refractivity (Wildman–Crippen MR) is 284 cm³/mol. The van der Waals surface area contributed by atoms with Crippen molar-refractivity contribution in [2.75, 3.05) is 9.80 Å². The van der Waals surface area contributed by atoms with Gasteiger partial charge in [-0.15, -0.1) is 0 Å². The second-order valence-corrected chi connectivity index (χ2v) is 18.0. The van der Waals surface area contributed by atoms with Crippen molar-refractivity contribution in [3.05, 3.63) is 283 Å². The molecule has 318 valence electrons. The lowest BCUT2D eigenvalue weighted by Gasteiger charge is -2.36. The molecule has 68 heavy (non-hydrogen) atoms. The average molecular weight is 866 g/mol. The minimum atomic E-state index is -0.634. The smallest absolute Gasteiger partial charge is 0.0746 e. The third kappa shape index (κ3) is 5.54. The molecular formula is C65H43N3. The van der Waals surface area contributed by atoms with Crippen molar-refractivity contribution < 1.29 is 0 Å². The van der Waals surface area contributed by atoms with E-state index in [1.807, 2.05) is 0 Å². The van der Waals surface area contributed by atoms with Gasteiger partial charge >= 0.3 is 0 Å². The Kier molecular flexibility index (Phi) is 8.50. The molecule has 1 heterocycles. The van der Waals surface area contributed by atoms with Crippen LogP contribution in [0.2, 0.25) is 0 Å². The van der Waals surface area contributed by atoms with Gasteiger partial charge in [0.15, 0.2) is 0 Å². The van der Waals surface area contributed by atoms with Gasteiger partial charge in [0, 0.05) is 50.5 Å². The molecule has 0 saturated carbocycles. The fraction of sp³-hybridized carbons (Fsp3) is 0.0154. The lowest BCUT2D eigenvalue weighted by Crippen LogP contribution is -2.28. The van der Waals surface area contributed by atoms with Crippen LogP contribution in [0, 0.1) is 0 Å². The van der Waals surface area contributed by atoms with E-state index in [-0.39, 0.29) is 0 Å². The Morgan fingerprint density at radius 3 is 1.57 bits per heavy atom. The van der Waals surface area contributed by atoms with E-state index in [2.05, 4.69) is 275 Å². The van der Waals surface area contributed by atoms with Gasteiger partial charge in [0.25, 0.3) is 0 Å². The fourth-order valence-electron chi connectivity index (χ4n) is 11.8. The monoisotopic (exact) mass is 865 g/mol.